The first-order chi connectivity index (χ1) is 9.72. The molecule has 0 bridgehead atoms. The van der Waals surface area contributed by atoms with E-state index < -0.39 is 0 Å². The number of aromatic nitrogens is 3. The number of nitrogens with zero attached hydrogens (tertiary/aromatic N) is 2. The Morgan fingerprint density at radius 1 is 1.40 bits per heavy atom. The fourth-order valence-electron chi connectivity index (χ4n) is 2.10. The van der Waals surface area contributed by atoms with Crippen molar-refractivity contribution in [3.63, 3.8) is 0 Å². The Morgan fingerprint density at radius 3 is 3.05 bits per heavy atom. The number of para-hydroxylation sites is 1. The predicted octanol–water partition coefficient (Wildman–Crippen LogP) is 1.72. The van der Waals surface area contributed by atoms with Gasteiger partial charge in [-0.15, -0.1) is 0 Å². The average molecular weight is 270 g/mol. The van der Waals surface area contributed by atoms with Gasteiger partial charge < -0.3 is 14.8 Å². The summed E-state index contributed by atoms with van der Waals surface area (Å²) in [5.41, 5.74) is 2.01. The molecule has 0 aliphatic carbocycles. The van der Waals surface area contributed by atoms with E-state index in [0.29, 0.717) is 18.1 Å². The van der Waals surface area contributed by atoms with Gasteiger partial charge >= 0.3 is 0 Å². The molecule has 6 heteroatoms. The number of amides is 1. The molecule has 2 aromatic heterocycles. The van der Waals surface area contributed by atoms with Gasteiger partial charge in [0, 0.05) is 24.0 Å². The molecular weight excluding hydrogens is 256 g/mol. The van der Waals surface area contributed by atoms with Gasteiger partial charge in [-0.1, -0.05) is 23.4 Å². The topological polar surface area (TPSA) is 83.8 Å². The summed E-state index contributed by atoms with van der Waals surface area (Å²) in [4.78, 5) is 19.1. The normalized spacial score (nSPS) is 10.8. The Morgan fingerprint density at radius 2 is 2.25 bits per heavy atom. The first kappa shape index (κ1) is 12.4. The molecule has 3 rings (SSSR count). The Hall–Kier alpha value is -2.63. The van der Waals surface area contributed by atoms with Crippen molar-refractivity contribution >= 4 is 16.8 Å². The van der Waals surface area contributed by atoms with Gasteiger partial charge in [0.1, 0.15) is 0 Å². The highest BCUT2D eigenvalue weighted by Crippen LogP contribution is 2.17. The van der Waals surface area contributed by atoms with Crippen molar-refractivity contribution in [2.24, 2.45) is 0 Å². The van der Waals surface area contributed by atoms with Crippen molar-refractivity contribution in [1.29, 1.82) is 0 Å². The molecule has 0 aliphatic heterocycles. The standard InChI is InChI=1S/C14H14N4O2/c1-9-17-13(18-20-9)8-16-14(19)6-10-7-15-12-5-3-2-4-11(10)12/h2-5,7,15H,6,8H2,1H3,(H,16,19). The van der Waals surface area contributed by atoms with Gasteiger partial charge in [0.15, 0.2) is 5.82 Å². The molecule has 0 radical (unpaired) electrons. The molecule has 0 fully saturated rings. The van der Waals surface area contributed by atoms with Gasteiger partial charge in [0.05, 0.1) is 13.0 Å². The van der Waals surface area contributed by atoms with Crippen molar-refractivity contribution in [1.82, 2.24) is 20.4 Å². The molecule has 3 aromatic rings. The second kappa shape index (κ2) is 5.16. The summed E-state index contributed by atoms with van der Waals surface area (Å²) in [6.45, 7) is 1.99. The van der Waals surface area contributed by atoms with E-state index in [1.54, 1.807) is 6.92 Å². The second-order valence-corrected chi connectivity index (χ2v) is 4.54. The molecule has 0 saturated carbocycles. The van der Waals surface area contributed by atoms with Gasteiger partial charge in [-0.05, 0) is 11.6 Å². The average Bonchev–Trinajstić information content (AvgIpc) is 3.04. The Kier molecular flexibility index (Phi) is 3.20. The van der Waals surface area contributed by atoms with Crippen LogP contribution < -0.4 is 5.32 Å². The maximum absolute atomic E-state index is 11.9. The van der Waals surface area contributed by atoms with Crippen molar-refractivity contribution in [3.05, 3.63) is 47.7 Å². The molecule has 0 unspecified atom stereocenters. The van der Waals surface area contributed by atoms with Crippen LogP contribution in [0.15, 0.2) is 35.0 Å². The minimum atomic E-state index is -0.0720. The van der Waals surface area contributed by atoms with Crippen LogP contribution in [0, 0.1) is 6.92 Å². The fourth-order valence-corrected chi connectivity index (χ4v) is 2.10. The van der Waals surface area contributed by atoms with Crippen molar-refractivity contribution in [3.8, 4) is 0 Å². The van der Waals surface area contributed by atoms with Gasteiger partial charge in [0.2, 0.25) is 11.8 Å². The van der Waals surface area contributed by atoms with E-state index in [1.807, 2.05) is 30.5 Å². The molecular formula is C14H14N4O2. The molecule has 1 amide bonds. The molecule has 2 N–H and O–H groups in total. The molecule has 102 valence electrons. The third-order valence-corrected chi connectivity index (χ3v) is 3.04. The number of hydrogen-bond acceptors (Lipinski definition) is 4. The van der Waals surface area contributed by atoms with Crippen molar-refractivity contribution in [2.75, 3.05) is 0 Å². The quantitative estimate of drug-likeness (QED) is 0.756. The summed E-state index contributed by atoms with van der Waals surface area (Å²) in [5.74, 6) is 0.901. The lowest BCUT2D eigenvalue weighted by Crippen LogP contribution is -2.25. The third-order valence-electron chi connectivity index (χ3n) is 3.04. The molecule has 20 heavy (non-hydrogen) atoms. The number of carbonyl (C=O) groups excluding carboxylic acids is 1. The van der Waals surface area contributed by atoms with E-state index >= 15 is 0 Å². The molecule has 2 heterocycles. The van der Waals surface area contributed by atoms with E-state index in [-0.39, 0.29) is 12.5 Å². The van der Waals surface area contributed by atoms with Crippen LogP contribution in [0.25, 0.3) is 10.9 Å². The highest BCUT2D eigenvalue weighted by molar-refractivity contribution is 5.88. The lowest BCUT2D eigenvalue weighted by Gasteiger charge is -2.01. The summed E-state index contributed by atoms with van der Waals surface area (Å²) in [5, 5.41) is 7.57. The maximum Gasteiger partial charge on any atom is 0.224 e. The minimum Gasteiger partial charge on any atom is -0.361 e. The monoisotopic (exact) mass is 270 g/mol. The van der Waals surface area contributed by atoms with Gasteiger partial charge in [-0.3, -0.25) is 4.79 Å². The number of aryl methyl sites for hydroxylation is 1. The van der Waals surface area contributed by atoms with Crippen LogP contribution in [0.2, 0.25) is 0 Å². The molecule has 0 spiro atoms. The van der Waals surface area contributed by atoms with Crippen LogP contribution in [0.5, 0.6) is 0 Å². The zero-order valence-corrected chi connectivity index (χ0v) is 11.0. The highest BCUT2D eigenvalue weighted by Gasteiger charge is 2.09. The third kappa shape index (κ3) is 2.54. The van der Waals surface area contributed by atoms with Crippen LogP contribution in [0.1, 0.15) is 17.3 Å². The van der Waals surface area contributed by atoms with E-state index in [2.05, 4.69) is 20.4 Å². The lowest BCUT2D eigenvalue weighted by atomic mass is 10.1. The number of rotatable bonds is 4. The van der Waals surface area contributed by atoms with E-state index in [0.717, 1.165) is 16.5 Å². The van der Waals surface area contributed by atoms with Crippen LogP contribution in [-0.2, 0) is 17.8 Å². The molecule has 0 aliphatic rings. The first-order valence-corrected chi connectivity index (χ1v) is 6.33. The summed E-state index contributed by atoms with van der Waals surface area (Å²) in [7, 11) is 0. The first-order valence-electron chi connectivity index (χ1n) is 6.33. The SMILES string of the molecule is Cc1nc(CNC(=O)Cc2c[nH]c3ccccc23)no1. The smallest absolute Gasteiger partial charge is 0.224 e. The lowest BCUT2D eigenvalue weighted by molar-refractivity contribution is -0.120. The van der Waals surface area contributed by atoms with Crippen LogP contribution >= 0.6 is 0 Å². The maximum atomic E-state index is 11.9. The molecule has 1 aromatic carbocycles. The number of benzene rings is 1. The van der Waals surface area contributed by atoms with Crippen LogP contribution in [0.3, 0.4) is 0 Å². The number of hydrogen-bond donors (Lipinski definition) is 2. The van der Waals surface area contributed by atoms with Crippen LogP contribution in [-0.4, -0.2) is 21.0 Å². The number of fused-ring (bicyclic) bond motifs is 1. The molecule has 0 atom stereocenters. The summed E-state index contributed by atoms with van der Waals surface area (Å²) in [6.07, 6.45) is 2.18. The summed E-state index contributed by atoms with van der Waals surface area (Å²) >= 11 is 0. The second-order valence-electron chi connectivity index (χ2n) is 4.54. The number of H-pyrrole nitrogens is 1. The predicted molar refractivity (Wildman–Crippen MR) is 72.9 cm³/mol. The zero-order valence-electron chi connectivity index (χ0n) is 11.0. The van der Waals surface area contributed by atoms with Gasteiger partial charge in [0.25, 0.3) is 0 Å². The summed E-state index contributed by atoms with van der Waals surface area (Å²) < 4.78 is 4.84. The van der Waals surface area contributed by atoms with Crippen molar-refractivity contribution in [2.45, 2.75) is 19.9 Å². The van der Waals surface area contributed by atoms with E-state index in [9.17, 15) is 4.79 Å². The largest absolute Gasteiger partial charge is 0.361 e. The number of nitrogens with one attached hydrogen (secondary N) is 2. The Balaban J connectivity index is 1.64. The van der Waals surface area contributed by atoms with E-state index in [4.69, 9.17) is 4.52 Å². The number of carbonyl (C=O) groups is 1. The van der Waals surface area contributed by atoms with Gasteiger partial charge in [-0.2, -0.15) is 4.98 Å². The zero-order chi connectivity index (χ0) is 13.9. The minimum absolute atomic E-state index is 0.0720. The van der Waals surface area contributed by atoms with Crippen LogP contribution in [0.4, 0.5) is 0 Å². The summed E-state index contributed by atoms with van der Waals surface area (Å²) in [6, 6.07) is 7.90. The van der Waals surface area contributed by atoms with Gasteiger partial charge in [-0.25, -0.2) is 0 Å². The Labute approximate surface area is 115 Å². The van der Waals surface area contributed by atoms with E-state index in [1.165, 1.54) is 0 Å². The fraction of sp³-hybridized carbons (Fsp3) is 0.214. The molecule has 6 nitrogen and oxygen atoms in total. The molecule has 0 saturated heterocycles. The Bertz CT molecular complexity index is 744. The highest BCUT2D eigenvalue weighted by atomic mass is 16.5. The van der Waals surface area contributed by atoms with Crippen molar-refractivity contribution < 1.29 is 9.32 Å². The number of aromatic amines is 1.